The summed E-state index contributed by atoms with van der Waals surface area (Å²) in [6, 6.07) is 9.15. The predicted octanol–water partition coefficient (Wildman–Crippen LogP) is 1.64. The van der Waals surface area contributed by atoms with Crippen molar-refractivity contribution in [2.24, 2.45) is 7.05 Å². The van der Waals surface area contributed by atoms with Gasteiger partial charge in [0.1, 0.15) is 0 Å². The van der Waals surface area contributed by atoms with Gasteiger partial charge >= 0.3 is 5.97 Å². The summed E-state index contributed by atoms with van der Waals surface area (Å²) in [4.78, 5) is 22.4. The molecule has 0 saturated carbocycles. The van der Waals surface area contributed by atoms with E-state index in [0.29, 0.717) is 5.56 Å². The Balaban J connectivity index is 2.70. The highest BCUT2D eigenvalue weighted by Crippen LogP contribution is 2.12. The number of fused-ring (bicyclic) bond motifs is 1. The van der Waals surface area contributed by atoms with Crippen LogP contribution in [0, 0.1) is 0 Å². The molecule has 2 aromatic rings. The van der Waals surface area contributed by atoms with E-state index in [1.54, 1.807) is 13.1 Å². The molecule has 0 aliphatic rings. The van der Waals surface area contributed by atoms with Gasteiger partial charge in [-0.2, -0.15) is 0 Å². The number of carbonyl (C=O) groups is 1. The standard InChI is InChI=1S/C13H11NO3/c1-14-11-5-3-2-4-9(11)8-10(13(14)17)6-7-12(15)16/h2-8H,1H3,(H,15,16). The van der Waals surface area contributed by atoms with E-state index >= 15 is 0 Å². The molecular formula is C13H11NO3. The van der Waals surface area contributed by atoms with Crippen LogP contribution in [0.25, 0.3) is 17.0 Å². The fourth-order valence-corrected chi connectivity index (χ4v) is 1.73. The highest BCUT2D eigenvalue weighted by Gasteiger charge is 2.03. The molecule has 2 rings (SSSR count). The first-order valence-electron chi connectivity index (χ1n) is 5.09. The van der Waals surface area contributed by atoms with Gasteiger partial charge in [-0.05, 0) is 23.6 Å². The van der Waals surface area contributed by atoms with E-state index in [1.165, 1.54) is 10.6 Å². The number of carboxylic acids is 1. The third kappa shape index (κ3) is 2.10. The maximum Gasteiger partial charge on any atom is 0.328 e. The predicted molar refractivity (Wildman–Crippen MR) is 65.9 cm³/mol. The number of carboxylic acid groups (broad SMARTS) is 1. The quantitative estimate of drug-likeness (QED) is 0.796. The van der Waals surface area contributed by atoms with Gasteiger partial charge in [0.05, 0.1) is 5.52 Å². The fraction of sp³-hybridized carbons (Fsp3) is 0.0769. The van der Waals surface area contributed by atoms with Crippen molar-refractivity contribution >= 4 is 22.9 Å². The molecule has 4 heteroatoms. The second-order valence-electron chi connectivity index (χ2n) is 3.69. The summed E-state index contributed by atoms with van der Waals surface area (Å²) in [7, 11) is 1.67. The number of hydrogen-bond acceptors (Lipinski definition) is 2. The number of para-hydroxylation sites is 1. The molecule has 0 radical (unpaired) electrons. The molecule has 1 aromatic heterocycles. The van der Waals surface area contributed by atoms with Crippen molar-refractivity contribution in [3.8, 4) is 0 Å². The second-order valence-corrected chi connectivity index (χ2v) is 3.69. The van der Waals surface area contributed by atoms with E-state index in [-0.39, 0.29) is 5.56 Å². The van der Waals surface area contributed by atoms with E-state index in [0.717, 1.165) is 17.0 Å². The first kappa shape index (κ1) is 11.1. The van der Waals surface area contributed by atoms with Crippen molar-refractivity contribution < 1.29 is 9.90 Å². The van der Waals surface area contributed by atoms with Crippen LogP contribution in [0.1, 0.15) is 5.56 Å². The third-order valence-electron chi connectivity index (χ3n) is 2.57. The van der Waals surface area contributed by atoms with E-state index < -0.39 is 5.97 Å². The molecule has 1 N–H and O–H groups in total. The lowest BCUT2D eigenvalue weighted by atomic mass is 10.1. The molecule has 86 valence electrons. The van der Waals surface area contributed by atoms with Gasteiger partial charge in [-0.3, -0.25) is 4.79 Å². The smallest absolute Gasteiger partial charge is 0.328 e. The number of nitrogens with zero attached hydrogens (tertiary/aromatic N) is 1. The van der Waals surface area contributed by atoms with Crippen LogP contribution >= 0.6 is 0 Å². The zero-order chi connectivity index (χ0) is 12.4. The number of pyridine rings is 1. The van der Waals surface area contributed by atoms with Gasteiger partial charge in [-0.25, -0.2) is 4.79 Å². The van der Waals surface area contributed by atoms with Gasteiger partial charge in [-0.1, -0.05) is 18.2 Å². The summed E-state index contributed by atoms with van der Waals surface area (Å²) in [6.45, 7) is 0. The van der Waals surface area contributed by atoms with Crippen molar-refractivity contribution in [1.29, 1.82) is 0 Å². The van der Waals surface area contributed by atoms with Crippen LogP contribution in [-0.2, 0) is 11.8 Å². The molecule has 0 amide bonds. The molecule has 0 aliphatic carbocycles. The lowest BCUT2D eigenvalue weighted by Gasteiger charge is -2.05. The summed E-state index contributed by atoms with van der Waals surface area (Å²) in [5, 5.41) is 9.46. The lowest BCUT2D eigenvalue weighted by molar-refractivity contribution is -0.131. The normalized spacial score (nSPS) is 11.1. The average Bonchev–Trinajstić information content (AvgIpc) is 2.32. The van der Waals surface area contributed by atoms with Gasteiger partial charge < -0.3 is 9.67 Å². The molecule has 0 aliphatic heterocycles. The Morgan fingerprint density at radius 3 is 2.76 bits per heavy atom. The van der Waals surface area contributed by atoms with Crippen LogP contribution in [0.4, 0.5) is 0 Å². The van der Waals surface area contributed by atoms with Crippen molar-refractivity contribution in [2.45, 2.75) is 0 Å². The van der Waals surface area contributed by atoms with Gasteiger partial charge in [-0.15, -0.1) is 0 Å². The van der Waals surface area contributed by atoms with Gasteiger partial charge in [0.2, 0.25) is 0 Å². The monoisotopic (exact) mass is 229 g/mol. The highest BCUT2D eigenvalue weighted by molar-refractivity contribution is 5.87. The minimum atomic E-state index is -1.07. The summed E-state index contributed by atoms with van der Waals surface area (Å²) in [5.41, 5.74) is 0.986. The Labute approximate surface area is 97.4 Å². The minimum Gasteiger partial charge on any atom is -0.478 e. The number of rotatable bonds is 2. The number of hydrogen-bond donors (Lipinski definition) is 1. The third-order valence-corrected chi connectivity index (χ3v) is 2.57. The first-order valence-corrected chi connectivity index (χ1v) is 5.09. The molecule has 1 heterocycles. The first-order chi connectivity index (χ1) is 8.09. The fourth-order valence-electron chi connectivity index (χ4n) is 1.73. The average molecular weight is 229 g/mol. The molecule has 0 spiro atoms. The summed E-state index contributed by atoms with van der Waals surface area (Å²) in [5.74, 6) is -1.07. The van der Waals surface area contributed by atoms with Gasteiger partial charge in [0.25, 0.3) is 5.56 Å². The summed E-state index contributed by atoms with van der Waals surface area (Å²) < 4.78 is 1.51. The van der Waals surface area contributed by atoms with E-state index in [9.17, 15) is 9.59 Å². The van der Waals surface area contributed by atoms with Crippen LogP contribution in [0.2, 0.25) is 0 Å². The Bertz CT molecular complexity index is 668. The molecule has 0 atom stereocenters. The number of aliphatic carboxylic acids is 1. The number of aryl methyl sites for hydroxylation is 1. The van der Waals surface area contributed by atoms with Crippen LogP contribution in [-0.4, -0.2) is 15.6 Å². The van der Waals surface area contributed by atoms with E-state index in [1.807, 2.05) is 24.3 Å². The molecule has 1 aromatic carbocycles. The summed E-state index contributed by atoms with van der Waals surface area (Å²) >= 11 is 0. The second kappa shape index (κ2) is 4.25. The zero-order valence-electron chi connectivity index (χ0n) is 9.25. The Kier molecular flexibility index (Phi) is 2.78. The maximum absolute atomic E-state index is 11.9. The SMILES string of the molecule is Cn1c(=O)c(C=CC(=O)O)cc2ccccc21. The van der Waals surface area contributed by atoms with Crippen molar-refractivity contribution in [2.75, 3.05) is 0 Å². The van der Waals surface area contributed by atoms with E-state index in [4.69, 9.17) is 5.11 Å². The Hall–Kier alpha value is -2.36. The van der Waals surface area contributed by atoms with Gasteiger partial charge in [0, 0.05) is 18.7 Å². The largest absolute Gasteiger partial charge is 0.478 e. The van der Waals surface area contributed by atoms with Crippen LogP contribution < -0.4 is 5.56 Å². The van der Waals surface area contributed by atoms with E-state index in [2.05, 4.69) is 0 Å². The van der Waals surface area contributed by atoms with Gasteiger partial charge in [0.15, 0.2) is 0 Å². The van der Waals surface area contributed by atoms with Crippen LogP contribution in [0.3, 0.4) is 0 Å². The number of aromatic nitrogens is 1. The van der Waals surface area contributed by atoms with Crippen molar-refractivity contribution in [3.05, 3.63) is 52.3 Å². The lowest BCUT2D eigenvalue weighted by Crippen LogP contribution is -2.19. The topological polar surface area (TPSA) is 59.3 Å². The maximum atomic E-state index is 11.9. The summed E-state index contributed by atoms with van der Waals surface area (Å²) in [6.07, 6.45) is 2.28. The molecule has 0 unspecified atom stereocenters. The Morgan fingerprint density at radius 2 is 2.06 bits per heavy atom. The van der Waals surface area contributed by atoms with Crippen molar-refractivity contribution in [1.82, 2.24) is 4.57 Å². The van der Waals surface area contributed by atoms with Crippen LogP contribution in [0.5, 0.6) is 0 Å². The number of benzene rings is 1. The zero-order valence-corrected chi connectivity index (χ0v) is 9.25. The highest BCUT2D eigenvalue weighted by atomic mass is 16.4. The molecule has 0 saturated heterocycles. The molecule has 0 fully saturated rings. The van der Waals surface area contributed by atoms with Crippen LogP contribution in [0.15, 0.2) is 41.2 Å². The Morgan fingerprint density at radius 1 is 1.35 bits per heavy atom. The molecule has 0 bridgehead atoms. The molecular weight excluding hydrogens is 218 g/mol. The van der Waals surface area contributed by atoms with Crippen molar-refractivity contribution in [3.63, 3.8) is 0 Å². The molecule has 4 nitrogen and oxygen atoms in total. The molecule has 17 heavy (non-hydrogen) atoms. The minimum absolute atomic E-state index is 0.207.